The number of hydrogen-bond donors (Lipinski definition) is 0. The van der Waals surface area contributed by atoms with E-state index in [0.29, 0.717) is 17.5 Å². The fourth-order valence-electron chi connectivity index (χ4n) is 2.48. The summed E-state index contributed by atoms with van der Waals surface area (Å²) in [6, 6.07) is 7.72. The molecule has 1 aliphatic heterocycles. The zero-order valence-electron chi connectivity index (χ0n) is 11.8. The molecule has 3 aromatic heterocycles. The molecule has 1 saturated heterocycles. The van der Waals surface area contributed by atoms with E-state index in [-0.39, 0.29) is 5.92 Å². The lowest BCUT2D eigenvalue weighted by molar-refractivity contribution is 0.116. The molecule has 1 aliphatic rings. The van der Waals surface area contributed by atoms with Gasteiger partial charge in [-0.1, -0.05) is 11.2 Å². The predicted molar refractivity (Wildman–Crippen MR) is 77.6 cm³/mol. The third kappa shape index (κ3) is 2.58. The summed E-state index contributed by atoms with van der Waals surface area (Å²) in [5.41, 5.74) is 1.07. The standard InChI is InChI=1S/C15H14N6O/c1-2-5-16-12(4-1)10-21-8-11(9-21)15-19-14(20-22-15)13-17-6-3-7-18-13/h1-7,11H,8-10H2. The molecule has 0 saturated carbocycles. The molecule has 22 heavy (non-hydrogen) atoms. The van der Waals surface area contributed by atoms with Crippen LogP contribution in [0.25, 0.3) is 11.6 Å². The van der Waals surface area contributed by atoms with Crippen molar-refractivity contribution in [2.75, 3.05) is 13.1 Å². The second kappa shape index (κ2) is 5.61. The van der Waals surface area contributed by atoms with Crippen LogP contribution in [0.15, 0.2) is 47.4 Å². The van der Waals surface area contributed by atoms with Gasteiger partial charge in [0.2, 0.25) is 17.5 Å². The highest BCUT2D eigenvalue weighted by Crippen LogP contribution is 2.27. The molecule has 110 valence electrons. The molecule has 7 nitrogen and oxygen atoms in total. The van der Waals surface area contributed by atoms with E-state index in [0.717, 1.165) is 25.3 Å². The summed E-state index contributed by atoms with van der Waals surface area (Å²) >= 11 is 0. The van der Waals surface area contributed by atoms with Gasteiger partial charge in [-0.2, -0.15) is 4.98 Å². The van der Waals surface area contributed by atoms with Crippen LogP contribution >= 0.6 is 0 Å². The first-order valence-electron chi connectivity index (χ1n) is 7.12. The van der Waals surface area contributed by atoms with Crippen LogP contribution in [0.2, 0.25) is 0 Å². The van der Waals surface area contributed by atoms with Crippen LogP contribution in [0.5, 0.6) is 0 Å². The second-order valence-electron chi connectivity index (χ2n) is 5.24. The molecule has 4 rings (SSSR count). The molecule has 1 fully saturated rings. The lowest BCUT2D eigenvalue weighted by atomic mass is 10.00. The van der Waals surface area contributed by atoms with Crippen LogP contribution in [-0.4, -0.2) is 43.1 Å². The van der Waals surface area contributed by atoms with Crippen molar-refractivity contribution in [1.29, 1.82) is 0 Å². The lowest BCUT2D eigenvalue weighted by Gasteiger charge is -2.36. The topological polar surface area (TPSA) is 80.8 Å². The molecule has 0 spiro atoms. The zero-order valence-corrected chi connectivity index (χ0v) is 11.8. The van der Waals surface area contributed by atoms with E-state index in [9.17, 15) is 0 Å². The second-order valence-corrected chi connectivity index (χ2v) is 5.24. The maximum atomic E-state index is 5.34. The van der Waals surface area contributed by atoms with Crippen molar-refractivity contribution in [3.63, 3.8) is 0 Å². The van der Waals surface area contributed by atoms with Crippen molar-refractivity contribution in [3.05, 3.63) is 54.4 Å². The molecule has 0 amide bonds. The Labute approximate surface area is 127 Å². The molecular weight excluding hydrogens is 280 g/mol. The first-order valence-corrected chi connectivity index (χ1v) is 7.12. The van der Waals surface area contributed by atoms with E-state index in [2.05, 4.69) is 30.0 Å². The lowest BCUT2D eigenvalue weighted by Crippen LogP contribution is -2.44. The van der Waals surface area contributed by atoms with Gasteiger partial charge in [-0.05, 0) is 18.2 Å². The number of pyridine rings is 1. The minimum Gasteiger partial charge on any atom is -0.338 e. The van der Waals surface area contributed by atoms with Gasteiger partial charge in [0.25, 0.3) is 0 Å². The van der Waals surface area contributed by atoms with Crippen molar-refractivity contribution < 1.29 is 4.52 Å². The van der Waals surface area contributed by atoms with Gasteiger partial charge in [-0.3, -0.25) is 9.88 Å². The maximum Gasteiger partial charge on any atom is 0.240 e. The van der Waals surface area contributed by atoms with E-state index in [1.165, 1.54) is 0 Å². The van der Waals surface area contributed by atoms with Gasteiger partial charge in [0, 0.05) is 38.2 Å². The molecule has 0 aromatic carbocycles. The molecule has 3 aromatic rings. The molecule has 0 unspecified atom stereocenters. The molecule has 0 atom stereocenters. The summed E-state index contributed by atoms with van der Waals surface area (Å²) in [5.74, 6) is 1.86. The molecule has 0 aliphatic carbocycles. The van der Waals surface area contributed by atoms with Crippen molar-refractivity contribution in [2.45, 2.75) is 12.5 Å². The number of rotatable bonds is 4. The smallest absolute Gasteiger partial charge is 0.240 e. The van der Waals surface area contributed by atoms with E-state index in [4.69, 9.17) is 4.52 Å². The van der Waals surface area contributed by atoms with Gasteiger partial charge < -0.3 is 4.52 Å². The fraction of sp³-hybridized carbons (Fsp3) is 0.267. The minimum atomic E-state index is 0.272. The average molecular weight is 294 g/mol. The Kier molecular flexibility index (Phi) is 3.32. The summed E-state index contributed by atoms with van der Waals surface area (Å²) < 4.78 is 5.34. The third-order valence-electron chi connectivity index (χ3n) is 3.63. The van der Waals surface area contributed by atoms with Gasteiger partial charge in [0.1, 0.15) is 0 Å². The Hall–Kier alpha value is -2.67. The number of nitrogens with zero attached hydrogens (tertiary/aromatic N) is 6. The van der Waals surface area contributed by atoms with Gasteiger partial charge in [0.15, 0.2) is 0 Å². The van der Waals surface area contributed by atoms with Crippen LogP contribution in [-0.2, 0) is 6.54 Å². The highest BCUT2D eigenvalue weighted by atomic mass is 16.5. The first-order chi connectivity index (χ1) is 10.9. The summed E-state index contributed by atoms with van der Waals surface area (Å²) in [6.07, 6.45) is 5.14. The van der Waals surface area contributed by atoms with E-state index < -0.39 is 0 Å². The Morgan fingerprint density at radius 1 is 1.00 bits per heavy atom. The number of aromatic nitrogens is 5. The fourth-order valence-corrected chi connectivity index (χ4v) is 2.48. The average Bonchev–Trinajstić information content (AvgIpc) is 3.02. The van der Waals surface area contributed by atoms with Gasteiger partial charge in [0.05, 0.1) is 11.6 Å². The largest absolute Gasteiger partial charge is 0.338 e. The normalized spacial score (nSPS) is 15.6. The summed E-state index contributed by atoms with van der Waals surface area (Å²) in [5, 5.41) is 3.96. The predicted octanol–water partition coefficient (Wildman–Crippen LogP) is 1.52. The highest BCUT2D eigenvalue weighted by Gasteiger charge is 2.32. The van der Waals surface area contributed by atoms with Crippen molar-refractivity contribution in [1.82, 2.24) is 30.0 Å². The van der Waals surface area contributed by atoms with Crippen LogP contribution in [0.1, 0.15) is 17.5 Å². The molecule has 7 heteroatoms. The summed E-state index contributed by atoms with van der Waals surface area (Å²) in [7, 11) is 0. The molecule has 4 heterocycles. The Bertz CT molecular complexity index is 739. The van der Waals surface area contributed by atoms with E-state index >= 15 is 0 Å². The molecule has 0 bridgehead atoms. The number of hydrogen-bond acceptors (Lipinski definition) is 7. The van der Waals surface area contributed by atoms with Crippen LogP contribution < -0.4 is 0 Å². The third-order valence-corrected chi connectivity index (χ3v) is 3.63. The molecular formula is C15H14N6O. The van der Waals surface area contributed by atoms with Gasteiger partial charge in [-0.25, -0.2) is 9.97 Å². The monoisotopic (exact) mass is 294 g/mol. The Morgan fingerprint density at radius 2 is 1.82 bits per heavy atom. The van der Waals surface area contributed by atoms with E-state index in [1.54, 1.807) is 18.5 Å². The quantitative estimate of drug-likeness (QED) is 0.721. The molecule has 0 radical (unpaired) electrons. The minimum absolute atomic E-state index is 0.272. The van der Waals surface area contributed by atoms with Crippen LogP contribution in [0.3, 0.4) is 0 Å². The van der Waals surface area contributed by atoms with Crippen molar-refractivity contribution >= 4 is 0 Å². The van der Waals surface area contributed by atoms with Gasteiger partial charge >= 0.3 is 0 Å². The zero-order chi connectivity index (χ0) is 14.8. The molecule has 0 N–H and O–H groups in total. The van der Waals surface area contributed by atoms with Crippen LogP contribution in [0, 0.1) is 0 Å². The summed E-state index contributed by atoms with van der Waals surface area (Å²) in [6.45, 7) is 2.64. The Morgan fingerprint density at radius 3 is 2.59 bits per heavy atom. The maximum absolute atomic E-state index is 5.34. The van der Waals surface area contributed by atoms with Crippen molar-refractivity contribution in [2.24, 2.45) is 0 Å². The number of likely N-dealkylation sites (tertiary alicyclic amines) is 1. The van der Waals surface area contributed by atoms with Crippen LogP contribution in [0.4, 0.5) is 0 Å². The SMILES string of the molecule is c1ccc(CN2CC(c3nc(-c4ncccn4)no3)C2)nc1. The summed E-state index contributed by atoms with van der Waals surface area (Å²) in [4.78, 5) is 19.3. The Balaban J connectivity index is 1.38. The van der Waals surface area contributed by atoms with E-state index in [1.807, 2.05) is 24.4 Å². The van der Waals surface area contributed by atoms with Crippen molar-refractivity contribution in [3.8, 4) is 11.6 Å². The van der Waals surface area contributed by atoms with Gasteiger partial charge in [-0.15, -0.1) is 0 Å². The first kappa shape index (κ1) is 13.0. The highest BCUT2D eigenvalue weighted by molar-refractivity contribution is 5.40.